The number of carbonyl (C=O) groups is 1. The smallest absolute Gasteiger partial charge is 0.187 e. The molecule has 1 aliphatic rings. The fourth-order valence-electron chi connectivity index (χ4n) is 2.32. The van der Waals surface area contributed by atoms with E-state index in [-0.39, 0.29) is 11.7 Å². The topological polar surface area (TPSA) is 58.6 Å². The molecule has 4 heteroatoms. The molecule has 0 aromatic carbocycles. The number of carbonyl (C=O) groups excluding carboxylic acids is 1. The molecule has 1 aromatic rings. The number of nitrogens with one attached hydrogen (secondary N) is 1. The highest BCUT2D eigenvalue weighted by atomic mass is 16.1. The third-order valence-electron chi connectivity index (χ3n) is 3.64. The Bertz CT molecular complexity index is 334. The van der Waals surface area contributed by atoms with Crippen molar-refractivity contribution in [2.75, 3.05) is 0 Å². The summed E-state index contributed by atoms with van der Waals surface area (Å²) in [4.78, 5) is 12.0. The summed E-state index contributed by atoms with van der Waals surface area (Å²) >= 11 is 0. The fourth-order valence-corrected chi connectivity index (χ4v) is 2.32. The van der Waals surface area contributed by atoms with Crippen LogP contribution in [0.2, 0.25) is 0 Å². The minimum Gasteiger partial charge on any atom is -0.292 e. The summed E-state index contributed by atoms with van der Waals surface area (Å²) in [6.45, 7) is 4.49. The van der Waals surface area contributed by atoms with Crippen LogP contribution in [0.3, 0.4) is 0 Å². The van der Waals surface area contributed by atoms with Gasteiger partial charge in [0.1, 0.15) is 5.69 Å². The molecule has 0 spiro atoms. The maximum absolute atomic E-state index is 12.0. The number of hydrogen-bond donors (Lipinski definition) is 1. The average molecular weight is 207 g/mol. The molecule has 82 valence electrons. The van der Waals surface area contributed by atoms with Crippen molar-refractivity contribution >= 4 is 5.78 Å². The molecule has 15 heavy (non-hydrogen) atoms. The molecule has 2 rings (SSSR count). The molecule has 1 aromatic heterocycles. The van der Waals surface area contributed by atoms with E-state index in [1.807, 2.05) is 0 Å². The molecule has 3 atom stereocenters. The summed E-state index contributed by atoms with van der Waals surface area (Å²) in [5.41, 5.74) is 0.488. The summed E-state index contributed by atoms with van der Waals surface area (Å²) in [6, 6.07) is 0. The van der Waals surface area contributed by atoms with Gasteiger partial charge in [-0.25, -0.2) is 0 Å². The lowest BCUT2D eigenvalue weighted by Gasteiger charge is -2.30. The second kappa shape index (κ2) is 4.13. The maximum Gasteiger partial charge on any atom is 0.187 e. The number of rotatable bonds is 2. The molecule has 1 N–H and O–H groups in total. The number of Topliss-reactive ketones (excluding diaryl/α,β-unsaturated/α-hetero) is 1. The summed E-state index contributed by atoms with van der Waals surface area (Å²) < 4.78 is 0. The highest BCUT2D eigenvalue weighted by Crippen LogP contribution is 2.34. The maximum atomic E-state index is 12.0. The highest BCUT2D eigenvalue weighted by molar-refractivity contribution is 5.95. The number of H-pyrrole nitrogens is 1. The zero-order chi connectivity index (χ0) is 10.8. The Balaban J connectivity index is 2.03. The lowest BCUT2D eigenvalue weighted by atomic mass is 9.74. The van der Waals surface area contributed by atoms with Crippen LogP contribution in [0.15, 0.2) is 6.20 Å². The number of ketones is 1. The summed E-state index contributed by atoms with van der Waals surface area (Å²) in [5.74, 6) is 1.69. The Hall–Kier alpha value is -1.19. The van der Waals surface area contributed by atoms with Gasteiger partial charge in [0.05, 0.1) is 6.20 Å². The molecule has 4 nitrogen and oxygen atoms in total. The van der Waals surface area contributed by atoms with Gasteiger partial charge in [-0.15, -0.1) is 0 Å². The van der Waals surface area contributed by atoms with Gasteiger partial charge in [-0.3, -0.25) is 4.79 Å². The third-order valence-corrected chi connectivity index (χ3v) is 3.64. The zero-order valence-corrected chi connectivity index (χ0v) is 9.23. The van der Waals surface area contributed by atoms with Crippen LogP contribution >= 0.6 is 0 Å². The first-order chi connectivity index (χ1) is 7.18. The Morgan fingerprint density at radius 1 is 1.40 bits per heavy atom. The SMILES string of the molecule is CC1CCC(C(=O)c2cn[nH]n2)CC1C. The first-order valence-electron chi connectivity index (χ1n) is 5.58. The van der Waals surface area contributed by atoms with Crippen molar-refractivity contribution in [2.24, 2.45) is 17.8 Å². The number of nitrogens with zero attached hydrogens (tertiary/aromatic N) is 2. The van der Waals surface area contributed by atoms with Gasteiger partial charge in [-0.2, -0.15) is 15.4 Å². The van der Waals surface area contributed by atoms with E-state index >= 15 is 0 Å². The molecule has 0 amide bonds. The second-order valence-electron chi connectivity index (χ2n) is 4.68. The molecule has 1 heterocycles. The standard InChI is InChI=1S/C11H17N3O/c1-7-3-4-9(5-8(7)2)11(15)10-6-12-14-13-10/h6-9H,3-5H2,1-2H3,(H,12,13,14). The number of hydrogen-bond acceptors (Lipinski definition) is 3. The molecular formula is C11H17N3O. The second-order valence-corrected chi connectivity index (χ2v) is 4.68. The fraction of sp³-hybridized carbons (Fsp3) is 0.727. The van der Waals surface area contributed by atoms with Crippen LogP contribution in [0.1, 0.15) is 43.6 Å². The molecule has 0 radical (unpaired) electrons. The van der Waals surface area contributed by atoms with Crippen molar-refractivity contribution in [1.29, 1.82) is 0 Å². The van der Waals surface area contributed by atoms with E-state index in [1.165, 1.54) is 6.20 Å². The molecule has 3 unspecified atom stereocenters. The van der Waals surface area contributed by atoms with Crippen molar-refractivity contribution in [3.63, 3.8) is 0 Å². The van der Waals surface area contributed by atoms with Crippen molar-refractivity contribution in [2.45, 2.75) is 33.1 Å². The molecule has 0 aliphatic heterocycles. The molecule has 1 fully saturated rings. The van der Waals surface area contributed by atoms with Crippen LogP contribution in [0.4, 0.5) is 0 Å². The molecule has 1 aliphatic carbocycles. The van der Waals surface area contributed by atoms with E-state index in [1.54, 1.807) is 0 Å². The molecule has 0 bridgehead atoms. The van der Waals surface area contributed by atoms with E-state index in [0.717, 1.165) is 25.2 Å². The number of aromatic nitrogens is 3. The van der Waals surface area contributed by atoms with Crippen molar-refractivity contribution in [3.8, 4) is 0 Å². The third kappa shape index (κ3) is 2.08. The number of aromatic amines is 1. The largest absolute Gasteiger partial charge is 0.292 e. The van der Waals surface area contributed by atoms with E-state index < -0.39 is 0 Å². The monoisotopic (exact) mass is 207 g/mol. The van der Waals surface area contributed by atoms with Crippen molar-refractivity contribution < 1.29 is 4.79 Å². The van der Waals surface area contributed by atoms with Crippen molar-refractivity contribution in [1.82, 2.24) is 15.4 Å². The van der Waals surface area contributed by atoms with Gasteiger partial charge in [0.2, 0.25) is 0 Å². The Labute approximate surface area is 89.5 Å². The van der Waals surface area contributed by atoms with Gasteiger partial charge in [0, 0.05) is 5.92 Å². The molecule has 1 saturated carbocycles. The lowest BCUT2D eigenvalue weighted by molar-refractivity contribution is 0.0832. The van der Waals surface area contributed by atoms with Crippen LogP contribution in [0.25, 0.3) is 0 Å². The average Bonchev–Trinajstić information content (AvgIpc) is 2.74. The lowest BCUT2D eigenvalue weighted by Crippen LogP contribution is -2.26. The van der Waals surface area contributed by atoms with Crippen LogP contribution in [-0.2, 0) is 0 Å². The zero-order valence-electron chi connectivity index (χ0n) is 9.23. The van der Waals surface area contributed by atoms with Gasteiger partial charge in [0.15, 0.2) is 5.78 Å². The quantitative estimate of drug-likeness (QED) is 0.755. The van der Waals surface area contributed by atoms with E-state index in [2.05, 4.69) is 29.3 Å². The Morgan fingerprint density at radius 2 is 2.20 bits per heavy atom. The Morgan fingerprint density at radius 3 is 2.80 bits per heavy atom. The van der Waals surface area contributed by atoms with E-state index in [4.69, 9.17) is 0 Å². The van der Waals surface area contributed by atoms with Crippen LogP contribution in [0.5, 0.6) is 0 Å². The van der Waals surface area contributed by atoms with Gasteiger partial charge in [-0.05, 0) is 31.1 Å². The first-order valence-corrected chi connectivity index (χ1v) is 5.58. The first kappa shape index (κ1) is 10.3. The van der Waals surface area contributed by atoms with E-state index in [0.29, 0.717) is 11.6 Å². The molecule has 0 saturated heterocycles. The van der Waals surface area contributed by atoms with Gasteiger partial charge < -0.3 is 0 Å². The summed E-state index contributed by atoms with van der Waals surface area (Å²) in [7, 11) is 0. The van der Waals surface area contributed by atoms with Crippen LogP contribution < -0.4 is 0 Å². The van der Waals surface area contributed by atoms with Gasteiger partial charge >= 0.3 is 0 Å². The highest BCUT2D eigenvalue weighted by Gasteiger charge is 2.30. The Kier molecular flexibility index (Phi) is 2.84. The van der Waals surface area contributed by atoms with Crippen LogP contribution in [-0.4, -0.2) is 21.2 Å². The van der Waals surface area contributed by atoms with Gasteiger partial charge in [0.25, 0.3) is 0 Å². The minimum absolute atomic E-state index is 0.154. The van der Waals surface area contributed by atoms with Crippen LogP contribution in [0, 0.1) is 17.8 Å². The summed E-state index contributed by atoms with van der Waals surface area (Å²) in [6.07, 6.45) is 4.66. The predicted molar refractivity (Wildman–Crippen MR) is 56.4 cm³/mol. The molecular weight excluding hydrogens is 190 g/mol. The van der Waals surface area contributed by atoms with Gasteiger partial charge in [-0.1, -0.05) is 13.8 Å². The normalized spacial score (nSPS) is 31.5. The minimum atomic E-state index is 0.154. The van der Waals surface area contributed by atoms with E-state index in [9.17, 15) is 4.79 Å². The predicted octanol–water partition coefficient (Wildman–Crippen LogP) is 2.06. The van der Waals surface area contributed by atoms with Crippen molar-refractivity contribution in [3.05, 3.63) is 11.9 Å². The summed E-state index contributed by atoms with van der Waals surface area (Å²) in [5, 5.41) is 10.0.